The monoisotopic (exact) mass is 507 g/mol. The standard InChI is InChI=1S/C24H28F3N5O4/c1-14-6-4-5-7-18(14)20-21(31-32-22(20)35-12-15(2)28)30-23(33)29-11-17-10-16(13-34-3)8-9-19(17)36-24(25,26)27/h4-10,15H,11-13,28H2,1-3H3,(H3,29,30,31,32,33)/t15-/m0/s1. The number of nitrogens with zero attached hydrogens (tertiary/aromatic N) is 1. The summed E-state index contributed by atoms with van der Waals surface area (Å²) in [6.07, 6.45) is -4.88. The fourth-order valence-electron chi connectivity index (χ4n) is 3.42. The Bertz CT molecular complexity index is 1180. The van der Waals surface area contributed by atoms with Gasteiger partial charge in [0.05, 0.1) is 12.2 Å². The first-order valence-electron chi connectivity index (χ1n) is 11.0. The first-order valence-corrected chi connectivity index (χ1v) is 11.0. The van der Waals surface area contributed by atoms with Crippen LogP contribution in [-0.2, 0) is 17.9 Å². The van der Waals surface area contributed by atoms with E-state index in [1.165, 1.54) is 25.3 Å². The average Bonchev–Trinajstić information content (AvgIpc) is 3.19. The van der Waals surface area contributed by atoms with Crippen LogP contribution >= 0.6 is 0 Å². The summed E-state index contributed by atoms with van der Waals surface area (Å²) >= 11 is 0. The highest BCUT2D eigenvalue weighted by Crippen LogP contribution is 2.37. The Morgan fingerprint density at radius 1 is 1.22 bits per heavy atom. The number of alkyl halides is 3. The lowest BCUT2D eigenvalue weighted by atomic mass is 10.0. The Morgan fingerprint density at radius 2 is 1.97 bits per heavy atom. The number of aromatic amines is 1. The van der Waals surface area contributed by atoms with Gasteiger partial charge in [0, 0.05) is 25.3 Å². The molecule has 1 heterocycles. The normalized spacial score (nSPS) is 12.2. The number of halogens is 3. The lowest BCUT2D eigenvalue weighted by molar-refractivity contribution is -0.274. The maximum Gasteiger partial charge on any atom is 0.573 e. The molecule has 0 unspecified atom stereocenters. The number of anilines is 1. The minimum atomic E-state index is -4.88. The number of urea groups is 1. The summed E-state index contributed by atoms with van der Waals surface area (Å²) in [6.45, 7) is 3.83. The van der Waals surface area contributed by atoms with E-state index in [1.807, 2.05) is 31.2 Å². The number of benzene rings is 2. The van der Waals surface area contributed by atoms with Crippen molar-refractivity contribution in [2.75, 3.05) is 19.0 Å². The molecule has 12 heteroatoms. The third kappa shape index (κ3) is 7.36. The highest BCUT2D eigenvalue weighted by molar-refractivity contribution is 5.94. The van der Waals surface area contributed by atoms with Gasteiger partial charge in [-0.25, -0.2) is 4.79 Å². The number of nitrogens with two attached hydrogens (primary N) is 1. The van der Waals surface area contributed by atoms with Crippen LogP contribution in [0, 0.1) is 6.92 Å². The fraction of sp³-hybridized carbons (Fsp3) is 0.333. The van der Waals surface area contributed by atoms with Crippen LogP contribution in [0.1, 0.15) is 23.6 Å². The average molecular weight is 508 g/mol. The molecule has 0 radical (unpaired) electrons. The van der Waals surface area contributed by atoms with E-state index in [0.29, 0.717) is 11.1 Å². The fourth-order valence-corrected chi connectivity index (χ4v) is 3.42. The van der Waals surface area contributed by atoms with Gasteiger partial charge >= 0.3 is 12.4 Å². The molecule has 0 aliphatic rings. The second kappa shape index (κ2) is 11.8. The van der Waals surface area contributed by atoms with Crippen molar-refractivity contribution >= 4 is 11.8 Å². The highest BCUT2D eigenvalue weighted by Gasteiger charge is 2.32. The van der Waals surface area contributed by atoms with Gasteiger partial charge in [-0.1, -0.05) is 30.3 Å². The van der Waals surface area contributed by atoms with Crippen molar-refractivity contribution in [1.82, 2.24) is 15.5 Å². The molecule has 0 saturated heterocycles. The lowest BCUT2D eigenvalue weighted by Crippen LogP contribution is -2.29. The molecule has 0 aliphatic carbocycles. The van der Waals surface area contributed by atoms with E-state index < -0.39 is 18.1 Å². The quantitative estimate of drug-likeness (QED) is 0.321. The second-order valence-electron chi connectivity index (χ2n) is 8.11. The number of rotatable bonds is 10. The predicted octanol–water partition coefficient (Wildman–Crippen LogP) is 4.48. The number of ether oxygens (including phenoxy) is 3. The number of carbonyl (C=O) groups is 1. The highest BCUT2D eigenvalue weighted by atomic mass is 19.4. The van der Waals surface area contributed by atoms with Gasteiger partial charge in [0.25, 0.3) is 0 Å². The van der Waals surface area contributed by atoms with Gasteiger partial charge in [-0.3, -0.25) is 10.4 Å². The molecule has 0 aliphatic heterocycles. The molecule has 2 aromatic carbocycles. The first kappa shape index (κ1) is 26.8. The van der Waals surface area contributed by atoms with Crippen LogP contribution in [-0.4, -0.2) is 42.3 Å². The summed E-state index contributed by atoms with van der Waals surface area (Å²) in [5.74, 6) is 0.0859. The minimum absolute atomic E-state index is 0.127. The Kier molecular flexibility index (Phi) is 8.78. The van der Waals surface area contributed by atoms with Crippen molar-refractivity contribution in [3.63, 3.8) is 0 Å². The number of hydrogen-bond donors (Lipinski definition) is 4. The molecule has 36 heavy (non-hydrogen) atoms. The second-order valence-corrected chi connectivity index (χ2v) is 8.11. The van der Waals surface area contributed by atoms with E-state index in [4.69, 9.17) is 15.2 Å². The maximum absolute atomic E-state index is 12.8. The van der Waals surface area contributed by atoms with Crippen molar-refractivity contribution < 1.29 is 32.2 Å². The molecule has 1 atom stereocenters. The van der Waals surface area contributed by atoms with E-state index in [0.717, 1.165) is 11.1 Å². The van der Waals surface area contributed by atoms with E-state index in [2.05, 4.69) is 25.6 Å². The van der Waals surface area contributed by atoms with Gasteiger partial charge in [0.2, 0.25) is 5.88 Å². The Hall–Kier alpha value is -3.77. The van der Waals surface area contributed by atoms with E-state index in [9.17, 15) is 18.0 Å². The Balaban J connectivity index is 1.81. The first-order chi connectivity index (χ1) is 17.1. The summed E-state index contributed by atoms with van der Waals surface area (Å²) < 4.78 is 53.4. The minimum Gasteiger partial charge on any atom is -0.474 e. The summed E-state index contributed by atoms with van der Waals surface area (Å²) in [6, 6.07) is 10.7. The lowest BCUT2D eigenvalue weighted by Gasteiger charge is -2.15. The zero-order valence-corrected chi connectivity index (χ0v) is 20.0. The Labute approximate surface area is 206 Å². The van der Waals surface area contributed by atoms with Crippen LogP contribution in [0.4, 0.5) is 23.8 Å². The van der Waals surface area contributed by atoms with Gasteiger partial charge in [-0.05, 0) is 42.7 Å². The summed E-state index contributed by atoms with van der Waals surface area (Å²) in [5.41, 5.74) is 8.74. The molecule has 0 fully saturated rings. The molecule has 3 aromatic rings. The van der Waals surface area contributed by atoms with Gasteiger partial charge in [-0.15, -0.1) is 18.3 Å². The van der Waals surface area contributed by atoms with Crippen molar-refractivity contribution in [2.45, 2.75) is 39.4 Å². The maximum atomic E-state index is 12.8. The third-order valence-corrected chi connectivity index (χ3v) is 4.97. The molecular formula is C24H28F3N5O4. The number of methoxy groups -OCH3 is 1. The number of hydrogen-bond acceptors (Lipinski definition) is 6. The number of nitrogens with one attached hydrogen (secondary N) is 3. The van der Waals surface area contributed by atoms with Crippen molar-refractivity contribution in [1.29, 1.82) is 0 Å². The van der Waals surface area contributed by atoms with Gasteiger partial charge in [0.1, 0.15) is 18.2 Å². The molecular weight excluding hydrogens is 479 g/mol. The summed E-state index contributed by atoms with van der Waals surface area (Å²) in [7, 11) is 1.47. The van der Waals surface area contributed by atoms with Gasteiger partial charge < -0.3 is 25.3 Å². The molecule has 1 aromatic heterocycles. The van der Waals surface area contributed by atoms with Crippen molar-refractivity contribution in [3.8, 4) is 22.8 Å². The number of aromatic nitrogens is 2. The molecule has 194 valence electrons. The zero-order chi connectivity index (χ0) is 26.3. The molecule has 0 saturated carbocycles. The van der Waals surface area contributed by atoms with Crippen molar-refractivity contribution in [3.05, 3.63) is 59.2 Å². The largest absolute Gasteiger partial charge is 0.573 e. The number of aryl methyl sites for hydroxylation is 1. The van der Waals surface area contributed by atoms with Crippen LogP contribution in [0.2, 0.25) is 0 Å². The van der Waals surface area contributed by atoms with Crippen LogP contribution in [0.25, 0.3) is 11.1 Å². The Morgan fingerprint density at radius 3 is 2.64 bits per heavy atom. The van der Waals surface area contributed by atoms with Crippen LogP contribution in [0.5, 0.6) is 11.6 Å². The molecule has 5 N–H and O–H groups in total. The number of amides is 2. The molecule has 3 rings (SSSR count). The van der Waals surface area contributed by atoms with E-state index in [-0.39, 0.29) is 43.1 Å². The molecule has 0 spiro atoms. The summed E-state index contributed by atoms with van der Waals surface area (Å²) in [5, 5.41) is 12.1. The number of H-pyrrole nitrogens is 1. The third-order valence-electron chi connectivity index (χ3n) is 4.97. The van der Waals surface area contributed by atoms with Crippen LogP contribution in [0.3, 0.4) is 0 Å². The smallest absolute Gasteiger partial charge is 0.474 e. The van der Waals surface area contributed by atoms with Gasteiger partial charge in [-0.2, -0.15) is 0 Å². The molecule has 9 nitrogen and oxygen atoms in total. The van der Waals surface area contributed by atoms with Crippen LogP contribution in [0.15, 0.2) is 42.5 Å². The van der Waals surface area contributed by atoms with E-state index >= 15 is 0 Å². The van der Waals surface area contributed by atoms with Crippen LogP contribution < -0.4 is 25.8 Å². The van der Waals surface area contributed by atoms with Gasteiger partial charge in [0.15, 0.2) is 0 Å². The molecule has 2 amide bonds. The zero-order valence-electron chi connectivity index (χ0n) is 20.0. The van der Waals surface area contributed by atoms with E-state index in [1.54, 1.807) is 6.92 Å². The summed E-state index contributed by atoms with van der Waals surface area (Å²) in [4.78, 5) is 12.7. The number of carbonyl (C=O) groups excluding carboxylic acids is 1. The SMILES string of the molecule is COCc1ccc(OC(F)(F)F)c(CNC(=O)Nc2[nH]nc(OC[C@H](C)N)c2-c2ccccc2C)c1. The van der Waals surface area contributed by atoms with Crippen molar-refractivity contribution in [2.24, 2.45) is 5.73 Å². The topological polar surface area (TPSA) is 124 Å². The molecule has 0 bridgehead atoms. The predicted molar refractivity (Wildman–Crippen MR) is 128 cm³/mol.